The largest absolute Gasteiger partial charge is 0.453 e. The molecule has 1 aromatic rings. The Morgan fingerprint density at radius 2 is 2.17 bits per heavy atom. The van der Waals surface area contributed by atoms with Crippen LogP contribution in [-0.4, -0.2) is 52.1 Å². The van der Waals surface area contributed by atoms with E-state index in [9.17, 15) is 9.59 Å². The highest BCUT2D eigenvalue weighted by atomic mass is 16.5. The van der Waals surface area contributed by atoms with E-state index in [0.29, 0.717) is 0 Å². The number of hydrogen-bond acceptors (Lipinski definition) is 5. The third kappa shape index (κ3) is 2.96. The zero-order valence-electron chi connectivity index (χ0n) is 10.1. The quantitative estimate of drug-likeness (QED) is 0.823. The maximum absolute atomic E-state index is 11.8. The molecule has 1 aliphatic rings. The zero-order valence-corrected chi connectivity index (χ0v) is 10.1. The van der Waals surface area contributed by atoms with Crippen LogP contribution in [0.15, 0.2) is 6.20 Å². The lowest BCUT2D eigenvalue weighted by Gasteiger charge is -2.14. The highest BCUT2D eigenvalue weighted by Gasteiger charge is 2.18. The van der Waals surface area contributed by atoms with Crippen LogP contribution in [0.3, 0.4) is 0 Å². The van der Waals surface area contributed by atoms with Gasteiger partial charge < -0.3 is 9.64 Å². The van der Waals surface area contributed by atoms with Crippen LogP contribution < -0.4 is 5.32 Å². The average Bonchev–Trinajstić information content (AvgIpc) is 3.00. The Hall–Kier alpha value is -2.12. The Morgan fingerprint density at radius 1 is 1.44 bits per heavy atom. The first-order chi connectivity index (χ1) is 8.69. The van der Waals surface area contributed by atoms with E-state index < -0.39 is 6.09 Å². The predicted molar refractivity (Wildman–Crippen MR) is 61.9 cm³/mol. The fraction of sp³-hybridized carbons (Fsp3) is 0.600. The van der Waals surface area contributed by atoms with Crippen molar-refractivity contribution in [3.63, 3.8) is 0 Å². The first-order valence-electron chi connectivity index (χ1n) is 5.72. The number of nitrogens with zero attached hydrogens (tertiary/aromatic N) is 4. The van der Waals surface area contributed by atoms with E-state index in [1.165, 1.54) is 18.1 Å². The van der Waals surface area contributed by atoms with E-state index in [0.717, 1.165) is 25.9 Å². The fourth-order valence-corrected chi connectivity index (χ4v) is 1.77. The van der Waals surface area contributed by atoms with Crippen LogP contribution in [0.2, 0.25) is 0 Å². The van der Waals surface area contributed by atoms with Crippen LogP contribution in [0.25, 0.3) is 0 Å². The molecule has 0 atom stereocenters. The molecule has 1 aliphatic heterocycles. The molecule has 0 aliphatic carbocycles. The molecule has 8 heteroatoms. The van der Waals surface area contributed by atoms with Crippen molar-refractivity contribution in [1.82, 2.24) is 19.9 Å². The van der Waals surface area contributed by atoms with Gasteiger partial charge in [0.25, 0.3) is 0 Å². The summed E-state index contributed by atoms with van der Waals surface area (Å²) in [5.74, 6) is 0.254. The summed E-state index contributed by atoms with van der Waals surface area (Å²) in [5, 5.41) is 10.2. The van der Waals surface area contributed by atoms with Crippen molar-refractivity contribution >= 4 is 17.8 Å². The summed E-state index contributed by atoms with van der Waals surface area (Å²) in [6, 6.07) is 0. The molecule has 1 saturated heterocycles. The van der Waals surface area contributed by atoms with E-state index in [-0.39, 0.29) is 18.3 Å². The summed E-state index contributed by atoms with van der Waals surface area (Å²) in [7, 11) is 1.26. The number of aromatic nitrogens is 3. The van der Waals surface area contributed by atoms with Gasteiger partial charge >= 0.3 is 6.09 Å². The lowest BCUT2D eigenvalue weighted by atomic mass is 10.4. The minimum atomic E-state index is -0.618. The normalized spacial score (nSPS) is 14.6. The van der Waals surface area contributed by atoms with Gasteiger partial charge in [-0.3, -0.25) is 10.1 Å². The number of anilines is 1. The third-order valence-corrected chi connectivity index (χ3v) is 2.69. The van der Waals surface area contributed by atoms with Crippen molar-refractivity contribution in [1.29, 1.82) is 0 Å². The molecule has 2 amide bonds. The molecule has 98 valence electrons. The van der Waals surface area contributed by atoms with Crippen LogP contribution in [0.5, 0.6) is 0 Å². The Morgan fingerprint density at radius 3 is 2.83 bits per heavy atom. The zero-order chi connectivity index (χ0) is 13.0. The van der Waals surface area contributed by atoms with Crippen molar-refractivity contribution in [2.45, 2.75) is 19.4 Å². The van der Waals surface area contributed by atoms with E-state index in [2.05, 4.69) is 20.3 Å². The number of rotatable bonds is 3. The number of hydrogen-bond donors (Lipinski definition) is 1. The molecular formula is C10H15N5O3. The molecule has 0 spiro atoms. The first kappa shape index (κ1) is 12.3. The van der Waals surface area contributed by atoms with Crippen LogP contribution in [-0.2, 0) is 16.1 Å². The number of carbonyl (C=O) groups is 2. The van der Waals surface area contributed by atoms with E-state index >= 15 is 0 Å². The Kier molecular flexibility index (Phi) is 3.75. The first-order valence-corrected chi connectivity index (χ1v) is 5.72. The van der Waals surface area contributed by atoms with Gasteiger partial charge in [0.15, 0.2) is 5.82 Å². The van der Waals surface area contributed by atoms with Gasteiger partial charge in [-0.25, -0.2) is 4.79 Å². The summed E-state index contributed by atoms with van der Waals surface area (Å²) in [6.45, 7) is 1.68. The van der Waals surface area contributed by atoms with Gasteiger partial charge in [0, 0.05) is 13.1 Å². The molecule has 2 heterocycles. The second kappa shape index (κ2) is 5.48. The monoisotopic (exact) mass is 253 g/mol. The smallest absolute Gasteiger partial charge is 0.412 e. The molecule has 0 radical (unpaired) electrons. The lowest BCUT2D eigenvalue weighted by Crippen LogP contribution is -2.31. The molecule has 0 aromatic carbocycles. The van der Waals surface area contributed by atoms with Crippen LogP contribution in [0.4, 0.5) is 10.6 Å². The van der Waals surface area contributed by atoms with Crippen molar-refractivity contribution in [2.24, 2.45) is 0 Å². The Labute approximate surface area is 104 Å². The molecule has 18 heavy (non-hydrogen) atoms. The summed E-state index contributed by atoms with van der Waals surface area (Å²) in [4.78, 5) is 25.8. The molecule has 2 rings (SSSR count). The second-order valence-corrected chi connectivity index (χ2v) is 3.96. The molecule has 1 N–H and O–H groups in total. The number of ether oxygens (including phenoxy) is 1. The van der Waals surface area contributed by atoms with Gasteiger partial charge in [0.05, 0.1) is 13.3 Å². The Balaban J connectivity index is 1.89. The maximum atomic E-state index is 11.8. The summed E-state index contributed by atoms with van der Waals surface area (Å²) < 4.78 is 4.42. The summed E-state index contributed by atoms with van der Waals surface area (Å²) in [6.07, 6.45) is 2.85. The van der Waals surface area contributed by atoms with Crippen LogP contribution in [0, 0.1) is 0 Å². The molecule has 1 aromatic heterocycles. The molecule has 8 nitrogen and oxygen atoms in total. The number of methoxy groups -OCH3 is 1. The van der Waals surface area contributed by atoms with Crippen LogP contribution >= 0.6 is 0 Å². The Bertz CT molecular complexity index is 438. The van der Waals surface area contributed by atoms with Crippen LogP contribution in [0.1, 0.15) is 12.8 Å². The van der Waals surface area contributed by atoms with Gasteiger partial charge in [-0.15, -0.1) is 5.10 Å². The highest BCUT2D eigenvalue weighted by molar-refractivity contribution is 5.82. The van der Waals surface area contributed by atoms with Gasteiger partial charge in [0.2, 0.25) is 5.91 Å². The lowest BCUT2D eigenvalue weighted by molar-refractivity contribution is -0.131. The molecular weight excluding hydrogens is 238 g/mol. The number of likely N-dealkylation sites (tertiary alicyclic amines) is 1. The van der Waals surface area contributed by atoms with Crippen molar-refractivity contribution in [3.8, 4) is 0 Å². The standard InChI is InChI=1S/C10H15N5O3/c1-18-10(17)12-8-6-11-15(13-8)7-9(16)14-4-2-3-5-14/h6H,2-5,7H2,1H3,(H,12,13,17). The topological polar surface area (TPSA) is 89.3 Å². The van der Waals surface area contributed by atoms with E-state index in [1.807, 2.05) is 0 Å². The van der Waals surface area contributed by atoms with Gasteiger partial charge in [-0.05, 0) is 12.8 Å². The third-order valence-electron chi connectivity index (χ3n) is 2.69. The van der Waals surface area contributed by atoms with Crippen molar-refractivity contribution < 1.29 is 14.3 Å². The maximum Gasteiger partial charge on any atom is 0.412 e. The van der Waals surface area contributed by atoms with Crippen molar-refractivity contribution in [3.05, 3.63) is 6.20 Å². The summed E-state index contributed by atoms with van der Waals surface area (Å²) in [5.41, 5.74) is 0. The second-order valence-electron chi connectivity index (χ2n) is 3.96. The van der Waals surface area contributed by atoms with Crippen molar-refractivity contribution in [2.75, 3.05) is 25.5 Å². The van der Waals surface area contributed by atoms with E-state index in [1.54, 1.807) is 4.90 Å². The fourth-order valence-electron chi connectivity index (χ4n) is 1.77. The average molecular weight is 253 g/mol. The number of carbonyl (C=O) groups excluding carboxylic acids is 2. The minimum absolute atomic E-state index is 0.00674. The molecule has 0 bridgehead atoms. The SMILES string of the molecule is COC(=O)Nc1cnn(CC(=O)N2CCCC2)n1. The summed E-state index contributed by atoms with van der Waals surface area (Å²) >= 11 is 0. The number of nitrogens with one attached hydrogen (secondary N) is 1. The molecule has 0 saturated carbocycles. The van der Waals surface area contributed by atoms with Gasteiger partial charge in [-0.1, -0.05) is 0 Å². The molecule has 1 fully saturated rings. The highest BCUT2D eigenvalue weighted by Crippen LogP contribution is 2.08. The predicted octanol–water partition coefficient (Wildman–Crippen LogP) is 0.0788. The van der Waals surface area contributed by atoms with Gasteiger partial charge in [0.1, 0.15) is 6.54 Å². The van der Waals surface area contributed by atoms with E-state index in [4.69, 9.17) is 0 Å². The van der Waals surface area contributed by atoms with Gasteiger partial charge in [-0.2, -0.15) is 9.90 Å². The molecule has 0 unspecified atom stereocenters. The number of amides is 2. The minimum Gasteiger partial charge on any atom is -0.453 e.